The number of nitrogens with zero attached hydrogens (tertiary/aromatic N) is 5. The fourth-order valence-electron chi connectivity index (χ4n) is 3.81. The van der Waals surface area contributed by atoms with E-state index >= 15 is 0 Å². The molecule has 1 N–H and O–H groups in total. The summed E-state index contributed by atoms with van der Waals surface area (Å²) in [7, 11) is 0. The van der Waals surface area contributed by atoms with Gasteiger partial charge in [0.25, 0.3) is 0 Å². The van der Waals surface area contributed by atoms with Gasteiger partial charge in [-0.15, -0.1) is 0 Å². The molecule has 1 aliphatic heterocycles. The molecule has 31 heavy (non-hydrogen) atoms. The van der Waals surface area contributed by atoms with E-state index in [1.54, 1.807) is 11.9 Å². The van der Waals surface area contributed by atoms with Crippen molar-refractivity contribution in [1.82, 2.24) is 19.1 Å². The van der Waals surface area contributed by atoms with Crippen molar-refractivity contribution in [2.75, 3.05) is 36.8 Å². The quantitative estimate of drug-likeness (QED) is 0.537. The number of piperazine rings is 1. The predicted octanol–water partition coefficient (Wildman–Crippen LogP) is 3.30. The first-order valence-corrected chi connectivity index (χ1v) is 11.2. The normalized spacial score (nSPS) is 16.9. The van der Waals surface area contributed by atoms with Crippen LogP contribution in [0.5, 0.6) is 0 Å². The number of halogens is 2. The highest BCUT2D eigenvalue weighted by atomic mass is 32.2. The average Bonchev–Trinajstić information content (AvgIpc) is 3.27. The Hall–Kier alpha value is -2.49. The van der Waals surface area contributed by atoms with Crippen LogP contribution < -0.4 is 4.90 Å². The molecule has 1 fully saturated rings. The van der Waals surface area contributed by atoms with Gasteiger partial charge >= 0.3 is 0 Å². The van der Waals surface area contributed by atoms with Crippen LogP contribution in [0.3, 0.4) is 0 Å². The molecule has 2 aromatic carbocycles. The van der Waals surface area contributed by atoms with Crippen LogP contribution in [0.1, 0.15) is 12.0 Å². The molecule has 6 nitrogen and oxygen atoms in total. The summed E-state index contributed by atoms with van der Waals surface area (Å²) in [5.41, 5.74) is -0.232. The Kier molecular flexibility index (Phi) is 6.84. The first-order valence-electron chi connectivity index (χ1n) is 10.2. The lowest BCUT2D eigenvalue weighted by atomic mass is 9.90. The monoisotopic (exact) mass is 445 g/mol. The molecule has 1 saturated heterocycles. The topological polar surface area (TPSA) is 57.4 Å². The molecule has 0 amide bonds. The lowest BCUT2D eigenvalue weighted by molar-refractivity contribution is 0.00860. The van der Waals surface area contributed by atoms with Crippen LogP contribution in [0.15, 0.2) is 61.2 Å². The molecule has 3 aromatic rings. The predicted molar refractivity (Wildman–Crippen MR) is 118 cm³/mol. The van der Waals surface area contributed by atoms with Gasteiger partial charge < -0.3 is 10.0 Å². The molecule has 0 aliphatic carbocycles. The standard InChI is InChI=1S/C22H25F2N5OS/c23-18-6-7-20(21(24)14-18)22(30,15-28-17-25-16-26-28)8-13-31-29-11-9-27(10-12-29)19-4-2-1-3-5-19/h1-7,14,16-17,30H,8-13,15H2/t22-/m0/s1. The maximum atomic E-state index is 14.5. The minimum absolute atomic E-state index is 0.0396. The number of aliphatic hydroxyl groups is 1. The van der Waals surface area contributed by atoms with Crippen LogP contribution in [-0.2, 0) is 12.1 Å². The van der Waals surface area contributed by atoms with Gasteiger partial charge in [-0.1, -0.05) is 36.2 Å². The summed E-state index contributed by atoms with van der Waals surface area (Å²) < 4.78 is 31.6. The van der Waals surface area contributed by atoms with E-state index in [-0.39, 0.29) is 12.1 Å². The second-order valence-corrected chi connectivity index (χ2v) is 8.77. The summed E-state index contributed by atoms with van der Waals surface area (Å²) in [6.45, 7) is 3.68. The van der Waals surface area contributed by atoms with Gasteiger partial charge in [-0.2, -0.15) is 5.10 Å². The van der Waals surface area contributed by atoms with E-state index in [4.69, 9.17) is 0 Å². The molecule has 1 aromatic heterocycles. The second kappa shape index (κ2) is 9.76. The zero-order valence-electron chi connectivity index (χ0n) is 17.1. The summed E-state index contributed by atoms with van der Waals surface area (Å²) >= 11 is 1.64. The SMILES string of the molecule is O[C@@](CCSN1CCN(c2ccccc2)CC1)(Cn1cncn1)c1ccc(F)cc1F. The smallest absolute Gasteiger partial charge is 0.137 e. The summed E-state index contributed by atoms with van der Waals surface area (Å²) in [5.74, 6) is -0.841. The number of para-hydroxylation sites is 1. The van der Waals surface area contributed by atoms with Crippen molar-refractivity contribution in [1.29, 1.82) is 0 Å². The van der Waals surface area contributed by atoms with E-state index in [9.17, 15) is 13.9 Å². The molecule has 0 spiro atoms. The van der Waals surface area contributed by atoms with E-state index in [0.29, 0.717) is 12.2 Å². The third kappa shape index (κ3) is 5.41. The molecule has 0 radical (unpaired) electrons. The van der Waals surface area contributed by atoms with E-state index in [1.165, 1.54) is 35.2 Å². The third-order valence-corrected chi connectivity index (χ3v) is 6.59. The summed E-state index contributed by atoms with van der Waals surface area (Å²) in [4.78, 5) is 6.24. The van der Waals surface area contributed by atoms with Crippen molar-refractivity contribution in [3.8, 4) is 0 Å². The van der Waals surface area contributed by atoms with Gasteiger partial charge in [-0.25, -0.2) is 22.8 Å². The molecule has 2 heterocycles. The first-order chi connectivity index (χ1) is 15.0. The van der Waals surface area contributed by atoms with Crippen LogP contribution in [0.25, 0.3) is 0 Å². The van der Waals surface area contributed by atoms with Crippen molar-refractivity contribution >= 4 is 17.6 Å². The van der Waals surface area contributed by atoms with Crippen LogP contribution >= 0.6 is 11.9 Å². The van der Waals surface area contributed by atoms with Crippen molar-refractivity contribution < 1.29 is 13.9 Å². The van der Waals surface area contributed by atoms with Gasteiger partial charge in [0, 0.05) is 49.2 Å². The molecule has 9 heteroatoms. The van der Waals surface area contributed by atoms with Crippen molar-refractivity contribution in [3.63, 3.8) is 0 Å². The average molecular weight is 446 g/mol. The molecule has 164 valence electrons. The molecular formula is C22H25F2N5OS. The third-order valence-electron chi connectivity index (χ3n) is 5.47. The largest absolute Gasteiger partial charge is 0.383 e. The van der Waals surface area contributed by atoms with Gasteiger partial charge in [-0.05, 0) is 24.6 Å². The summed E-state index contributed by atoms with van der Waals surface area (Å²) in [5, 5.41) is 15.4. The Bertz CT molecular complexity index is 967. The highest BCUT2D eigenvalue weighted by molar-refractivity contribution is 7.97. The van der Waals surface area contributed by atoms with E-state index < -0.39 is 17.2 Å². The number of rotatable bonds is 8. The number of anilines is 1. The molecule has 1 aliphatic rings. The van der Waals surface area contributed by atoms with Crippen molar-refractivity contribution in [2.45, 2.75) is 18.6 Å². The maximum absolute atomic E-state index is 14.5. The molecule has 0 unspecified atom stereocenters. The number of benzene rings is 2. The first kappa shape index (κ1) is 21.7. The van der Waals surface area contributed by atoms with Crippen LogP contribution in [-0.4, -0.2) is 56.1 Å². The lowest BCUT2D eigenvalue weighted by Gasteiger charge is -2.36. The van der Waals surface area contributed by atoms with Crippen LogP contribution in [0.4, 0.5) is 14.5 Å². The highest BCUT2D eigenvalue weighted by Gasteiger charge is 2.33. The Morgan fingerprint density at radius 1 is 1.03 bits per heavy atom. The van der Waals surface area contributed by atoms with Crippen molar-refractivity contribution in [2.24, 2.45) is 0 Å². The lowest BCUT2D eigenvalue weighted by Crippen LogP contribution is -2.43. The number of hydrogen-bond acceptors (Lipinski definition) is 6. The zero-order chi connectivity index (χ0) is 21.7. The molecular weight excluding hydrogens is 420 g/mol. The van der Waals surface area contributed by atoms with Crippen molar-refractivity contribution in [3.05, 3.63) is 78.4 Å². The van der Waals surface area contributed by atoms with Gasteiger partial charge in [0.05, 0.1) is 6.54 Å². The van der Waals surface area contributed by atoms with E-state index in [0.717, 1.165) is 32.2 Å². The van der Waals surface area contributed by atoms with Gasteiger partial charge in [0.2, 0.25) is 0 Å². The number of aromatic nitrogens is 3. The summed E-state index contributed by atoms with van der Waals surface area (Å²) in [6, 6.07) is 13.6. The van der Waals surface area contributed by atoms with E-state index in [2.05, 4.69) is 31.4 Å². The Morgan fingerprint density at radius 3 is 2.48 bits per heavy atom. The molecule has 4 rings (SSSR count). The Labute approximate surface area is 184 Å². The van der Waals surface area contributed by atoms with Crippen LogP contribution in [0.2, 0.25) is 0 Å². The van der Waals surface area contributed by atoms with Gasteiger partial charge in [0.15, 0.2) is 0 Å². The van der Waals surface area contributed by atoms with Crippen LogP contribution in [0, 0.1) is 11.6 Å². The maximum Gasteiger partial charge on any atom is 0.137 e. The molecule has 1 atom stereocenters. The Balaban J connectivity index is 1.37. The number of hydrogen-bond donors (Lipinski definition) is 1. The Morgan fingerprint density at radius 2 is 1.81 bits per heavy atom. The molecule has 0 bridgehead atoms. The minimum Gasteiger partial charge on any atom is -0.383 e. The fraction of sp³-hybridized carbons (Fsp3) is 0.364. The minimum atomic E-state index is -1.52. The van der Waals surface area contributed by atoms with Gasteiger partial charge in [-0.3, -0.25) is 0 Å². The van der Waals surface area contributed by atoms with E-state index in [1.807, 2.05) is 18.2 Å². The van der Waals surface area contributed by atoms with Gasteiger partial charge in [0.1, 0.15) is 29.9 Å². The summed E-state index contributed by atoms with van der Waals surface area (Å²) in [6.07, 6.45) is 3.13. The highest BCUT2D eigenvalue weighted by Crippen LogP contribution is 2.32. The second-order valence-electron chi connectivity index (χ2n) is 7.58. The zero-order valence-corrected chi connectivity index (χ0v) is 17.9. The molecule has 0 saturated carbocycles. The fourth-order valence-corrected chi connectivity index (χ4v) is 4.91.